The number of aromatic hydroxyl groups is 1. The van der Waals surface area contributed by atoms with Crippen LogP contribution in [0.25, 0.3) is 0 Å². The number of hydrazone groups is 1. The van der Waals surface area contributed by atoms with Gasteiger partial charge in [-0.25, -0.2) is 4.83 Å². The van der Waals surface area contributed by atoms with Crippen LogP contribution in [0.15, 0.2) is 46.4 Å². The lowest BCUT2D eigenvalue weighted by Crippen LogP contribution is -2.18. The lowest BCUT2D eigenvalue weighted by molar-refractivity contribution is 0.371. The van der Waals surface area contributed by atoms with Crippen molar-refractivity contribution in [3.8, 4) is 11.5 Å². The van der Waals surface area contributed by atoms with E-state index in [4.69, 9.17) is 4.74 Å². The Morgan fingerprint density at radius 2 is 1.91 bits per heavy atom. The van der Waals surface area contributed by atoms with E-state index < -0.39 is 10.0 Å². The molecule has 2 N–H and O–H groups in total. The molecule has 0 fully saturated rings. The van der Waals surface area contributed by atoms with Crippen molar-refractivity contribution in [3.05, 3.63) is 51.1 Å². The van der Waals surface area contributed by atoms with Gasteiger partial charge in [-0.15, -0.1) is 0 Å². The molecule has 0 saturated carbocycles. The standard InChI is InChI=1S/C15H15IN2O4S/c1-10-3-5-12(6-4-10)23(20,21)18-17-9-11-7-13(16)15(19)14(8-11)22-2/h3-9,18-19H,1-2H3/b17-9-. The minimum Gasteiger partial charge on any atom is -0.504 e. The van der Waals surface area contributed by atoms with Gasteiger partial charge in [-0.05, 0) is 59.3 Å². The first-order valence-electron chi connectivity index (χ1n) is 6.51. The van der Waals surface area contributed by atoms with Crippen molar-refractivity contribution in [2.45, 2.75) is 11.8 Å². The predicted molar refractivity (Wildman–Crippen MR) is 96.5 cm³/mol. The third-order valence-electron chi connectivity index (χ3n) is 2.99. The lowest BCUT2D eigenvalue weighted by Gasteiger charge is -2.06. The molecular weight excluding hydrogens is 431 g/mol. The van der Waals surface area contributed by atoms with E-state index in [2.05, 4.69) is 9.93 Å². The molecule has 0 heterocycles. The van der Waals surface area contributed by atoms with E-state index in [1.165, 1.54) is 25.5 Å². The largest absolute Gasteiger partial charge is 0.504 e. The van der Waals surface area contributed by atoms with Crippen molar-refractivity contribution in [3.63, 3.8) is 0 Å². The molecule has 0 aliphatic carbocycles. The summed E-state index contributed by atoms with van der Waals surface area (Å²) in [6, 6.07) is 9.67. The van der Waals surface area contributed by atoms with Crippen LogP contribution in [0.5, 0.6) is 11.5 Å². The van der Waals surface area contributed by atoms with Crippen LogP contribution in [0.3, 0.4) is 0 Å². The van der Waals surface area contributed by atoms with E-state index in [-0.39, 0.29) is 10.6 Å². The zero-order chi connectivity index (χ0) is 17.0. The molecule has 23 heavy (non-hydrogen) atoms. The number of rotatable bonds is 5. The number of hydrogen-bond acceptors (Lipinski definition) is 5. The first-order valence-corrected chi connectivity index (χ1v) is 9.08. The van der Waals surface area contributed by atoms with Crippen LogP contribution in [0.4, 0.5) is 0 Å². The van der Waals surface area contributed by atoms with E-state index in [1.54, 1.807) is 24.3 Å². The molecule has 0 saturated heterocycles. The molecule has 2 aromatic carbocycles. The second-order valence-electron chi connectivity index (χ2n) is 4.72. The quantitative estimate of drug-likeness (QED) is 0.420. The smallest absolute Gasteiger partial charge is 0.276 e. The fourth-order valence-corrected chi connectivity index (χ4v) is 3.18. The van der Waals surface area contributed by atoms with Crippen molar-refractivity contribution >= 4 is 38.8 Å². The van der Waals surface area contributed by atoms with Crippen LogP contribution < -0.4 is 9.57 Å². The van der Waals surface area contributed by atoms with Gasteiger partial charge in [0, 0.05) is 0 Å². The fourth-order valence-electron chi connectivity index (χ4n) is 1.76. The number of sulfonamides is 1. The van der Waals surface area contributed by atoms with Gasteiger partial charge in [0.1, 0.15) is 0 Å². The number of nitrogens with one attached hydrogen (secondary N) is 1. The zero-order valence-electron chi connectivity index (χ0n) is 12.4. The lowest BCUT2D eigenvalue weighted by atomic mass is 10.2. The highest BCUT2D eigenvalue weighted by atomic mass is 127. The molecule has 0 aliphatic rings. The van der Waals surface area contributed by atoms with Crippen LogP contribution in [0.1, 0.15) is 11.1 Å². The molecule has 122 valence electrons. The number of methoxy groups -OCH3 is 1. The van der Waals surface area contributed by atoms with Gasteiger partial charge < -0.3 is 9.84 Å². The van der Waals surface area contributed by atoms with E-state index in [0.717, 1.165) is 5.56 Å². The summed E-state index contributed by atoms with van der Waals surface area (Å²) in [5, 5.41) is 13.5. The molecule has 0 radical (unpaired) electrons. The summed E-state index contributed by atoms with van der Waals surface area (Å²) < 4.78 is 29.8. The average molecular weight is 446 g/mol. The second-order valence-corrected chi connectivity index (χ2v) is 7.54. The number of hydrogen-bond donors (Lipinski definition) is 2. The van der Waals surface area contributed by atoms with Gasteiger partial charge in [0.2, 0.25) is 0 Å². The summed E-state index contributed by atoms with van der Waals surface area (Å²) in [6.07, 6.45) is 1.34. The van der Waals surface area contributed by atoms with E-state index in [1.807, 2.05) is 29.5 Å². The number of phenols is 1. The van der Waals surface area contributed by atoms with E-state index >= 15 is 0 Å². The normalized spacial score (nSPS) is 11.6. The van der Waals surface area contributed by atoms with Crippen LogP contribution in [-0.2, 0) is 10.0 Å². The Kier molecular flexibility index (Phi) is 5.47. The molecule has 2 aromatic rings. The van der Waals surface area contributed by atoms with Gasteiger partial charge >= 0.3 is 0 Å². The SMILES string of the molecule is COc1cc(/C=N\NS(=O)(=O)c2ccc(C)cc2)cc(I)c1O. The Morgan fingerprint density at radius 1 is 1.26 bits per heavy atom. The number of aryl methyl sites for hydroxylation is 1. The molecule has 0 aromatic heterocycles. The zero-order valence-corrected chi connectivity index (χ0v) is 15.4. The Bertz CT molecular complexity index is 833. The molecule has 0 bridgehead atoms. The van der Waals surface area contributed by atoms with Crippen molar-refractivity contribution in [2.24, 2.45) is 5.10 Å². The maximum absolute atomic E-state index is 12.1. The van der Waals surface area contributed by atoms with Crippen LogP contribution in [-0.4, -0.2) is 26.8 Å². The van der Waals surface area contributed by atoms with Crippen LogP contribution >= 0.6 is 22.6 Å². The Labute approximate surface area is 148 Å². The number of ether oxygens (including phenoxy) is 1. The summed E-state index contributed by atoms with van der Waals surface area (Å²) in [6.45, 7) is 1.88. The number of halogens is 1. The fraction of sp³-hybridized carbons (Fsp3) is 0.133. The summed E-state index contributed by atoms with van der Waals surface area (Å²) in [4.78, 5) is 2.29. The molecule has 0 unspecified atom stereocenters. The topological polar surface area (TPSA) is 88.0 Å². The van der Waals surface area contributed by atoms with Gasteiger partial charge in [-0.3, -0.25) is 0 Å². The first kappa shape index (κ1) is 17.5. The maximum atomic E-state index is 12.1. The number of phenolic OH excluding ortho intramolecular Hbond substituents is 1. The minimum absolute atomic E-state index is 0.0329. The van der Waals surface area contributed by atoms with Gasteiger partial charge in [0.25, 0.3) is 10.0 Å². The Morgan fingerprint density at radius 3 is 2.52 bits per heavy atom. The molecule has 0 amide bonds. The van der Waals surface area contributed by atoms with Gasteiger partial charge in [0.05, 0.1) is 21.8 Å². The Balaban J connectivity index is 2.18. The monoisotopic (exact) mass is 446 g/mol. The van der Waals surface area contributed by atoms with Crippen LogP contribution in [0, 0.1) is 10.5 Å². The second kappa shape index (κ2) is 7.18. The van der Waals surface area contributed by atoms with Crippen molar-refractivity contribution in [1.82, 2.24) is 4.83 Å². The number of benzene rings is 2. The van der Waals surface area contributed by atoms with Gasteiger partial charge in [-0.2, -0.15) is 13.5 Å². The van der Waals surface area contributed by atoms with E-state index in [9.17, 15) is 13.5 Å². The van der Waals surface area contributed by atoms with Gasteiger partial charge in [-0.1, -0.05) is 17.7 Å². The first-order chi connectivity index (χ1) is 10.8. The maximum Gasteiger partial charge on any atom is 0.276 e. The molecule has 0 aliphatic heterocycles. The highest BCUT2D eigenvalue weighted by Crippen LogP contribution is 2.31. The average Bonchev–Trinajstić information content (AvgIpc) is 2.51. The van der Waals surface area contributed by atoms with Gasteiger partial charge in [0.15, 0.2) is 11.5 Å². The summed E-state index contributed by atoms with van der Waals surface area (Å²) >= 11 is 1.95. The third-order valence-corrected chi connectivity index (χ3v) is 5.05. The highest BCUT2D eigenvalue weighted by molar-refractivity contribution is 14.1. The summed E-state index contributed by atoms with van der Waals surface area (Å²) in [5.74, 6) is 0.324. The molecule has 0 spiro atoms. The molecule has 2 rings (SSSR count). The summed E-state index contributed by atoms with van der Waals surface area (Å²) in [7, 11) is -2.27. The van der Waals surface area contributed by atoms with Crippen molar-refractivity contribution < 1.29 is 18.3 Å². The molecule has 0 atom stereocenters. The molecular formula is C15H15IN2O4S. The molecule has 8 heteroatoms. The third kappa shape index (κ3) is 4.35. The Hall–Kier alpha value is -1.81. The minimum atomic E-state index is -3.71. The predicted octanol–water partition coefficient (Wildman–Crippen LogP) is 2.63. The van der Waals surface area contributed by atoms with Crippen molar-refractivity contribution in [2.75, 3.05) is 7.11 Å². The van der Waals surface area contributed by atoms with Crippen molar-refractivity contribution in [1.29, 1.82) is 0 Å². The van der Waals surface area contributed by atoms with E-state index in [0.29, 0.717) is 14.9 Å². The highest BCUT2D eigenvalue weighted by Gasteiger charge is 2.12. The molecule has 6 nitrogen and oxygen atoms in total. The van der Waals surface area contributed by atoms with Crippen LogP contribution in [0.2, 0.25) is 0 Å². The summed E-state index contributed by atoms with van der Waals surface area (Å²) in [5.41, 5.74) is 1.56. The number of nitrogens with zero attached hydrogens (tertiary/aromatic N) is 1.